The van der Waals surface area contributed by atoms with E-state index in [1.54, 1.807) is 4.90 Å². The van der Waals surface area contributed by atoms with Gasteiger partial charge in [0.15, 0.2) is 0 Å². The first-order valence-corrected chi connectivity index (χ1v) is 7.41. The highest BCUT2D eigenvalue weighted by Gasteiger charge is 2.39. The largest absolute Gasteiger partial charge is 0.343 e. The minimum atomic E-state index is -0.319. The van der Waals surface area contributed by atoms with Crippen molar-refractivity contribution in [2.45, 2.75) is 72.4 Å². The van der Waals surface area contributed by atoms with Gasteiger partial charge in [-0.1, -0.05) is 41.0 Å². The molecule has 4 nitrogen and oxygen atoms in total. The van der Waals surface area contributed by atoms with Crippen molar-refractivity contribution >= 4 is 11.8 Å². The van der Waals surface area contributed by atoms with Crippen LogP contribution >= 0.6 is 0 Å². The molecule has 0 radical (unpaired) electrons. The number of rotatable bonds is 5. The smallest absolute Gasteiger partial charge is 0.245 e. The van der Waals surface area contributed by atoms with Gasteiger partial charge in [0.2, 0.25) is 11.8 Å². The molecular formula is C15H28N2O2. The minimum Gasteiger partial charge on any atom is -0.343 e. The molecule has 4 heteroatoms. The Kier molecular flexibility index (Phi) is 5.39. The first-order chi connectivity index (χ1) is 8.80. The van der Waals surface area contributed by atoms with Crippen LogP contribution in [0.1, 0.15) is 60.3 Å². The SMILES string of the molecule is CCCC1NC(=O)C(CC)N(CCC(C)(C)C)C1=O. The van der Waals surface area contributed by atoms with Crippen LogP contribution in [0.5, 0.6) is 0 Å². The predicted molar refractivity (Wildman–Crippen MR) is 76.7 cm³/mol. The molecule has 0 saturated carbocycles. The summed E-state index contributed by atoms with van der Waals surface area (Å²) in [5.41, 5.74) is 0.173. The Bertz CT molecular complexity index is 334. The zero-order chi connectivity index (χ0) is 14.6. The van der Waals surface area contributed by atoms with E-state index in [4.69, 9.17) is 0 Å². The van der Waals surface area contributed by atoms with Gasteiger partial charge in [-0.05, 0) is 24.7 Å². The molecule has 2 amide bonds. The van der Waals surface area contributed by atoms with E-state index in [9.17, 15) is 9.59 Å². The summed E-state index contributed by atoms with van der Waals surface area (Å²) in [5.74, 6) is 0.104. The molecule has 1 fully saturated rings. The van der Waals surface area contributed by atoms with Gasteiger partial charge in [0.05, 0.1) is 0 Å². The molecule has 1 heterocycles. The van der Waals surface area contributed by atoms with Crippen molar-refractivity contribution in [2.24, 2.45) is 5.41 Å². The van der Waals surface area contributed by atoms with Gasteiger partial charge in [-0.15, -0.1) is 0 Å². The van der Waals surface area contributed by atoms with Crippen molar-refractivity contribution < 1.29 is 9.59 Å². The van der Waals surface area contributed by atoms with E-state index in [2.05, 4.69) is 26.1 Å². The van der Waals surface area contributed by atoms with Crippen LogP contribution in [-0.2, 0) is 9.59 Å². The van der Waals surface area contributed by atoms with E-state index in [-0.39, 0.29) is 29.3 Å². The lowest BCUT2D eigenvalue weighted by Gasteiger charge is -2.39. The fourth-order valence-electron chi connectivity index (χ4n) is 2.44. The Morgan fingerprint density at radius 1 is 1.21 bits per heavy atom. The number of nitrogens with one attached hydrogen (secondary N) is 1. The van der Waals surface area contributed by atoms with Crippen LogP contribution in [-0.4, -0.2) is 35.3 Å². The van der Waals surface area contributed by atoms with Crippen LogP contribution in [0.25, 0.3) is 0 Å². The van der Waals surface area contributed by atoms with Crippen molar-refractivity contribution in [3.63, 3.8) is 0 Å². The fourth-order valence-corrected chi connectivity index (χ4v) is 2.44. The Labute approximate surface area is 116 Å². The van der Waals surface area contributed by atoms with E-state index in [1.807, 2.05) is 13.8 Å². The fraction of sp³-hybridized carbons (Fsp3) is 0.867. The van der Waals surface area contributed by atoms with Crippen LogP contribution in [0.2, 0.25) is 0 Å². The lowest BCUT2D eigenvalue weighted by molar-refractivity contribution is -0.150. The van der Waals surface area contributed by atoms with Gasteiger partial charge in [0, 0.05) is 6.54 Å². The molecule has 0 spiro atoms. The van der Waals surface area contributed by atoms with Crippen molar-refractivity contribution in [2.75, 3.05) is 6.54 Å². The Morgan fingerprint density at radius 2 is 1.84 bits per heavy atom. The van der Waals surface area contributed by atoms with E-state index in [0.29, 0.717) is 13.0 Å². The molecule has 1 aliphatic heterocycles. The predicted octanol–water partition coefficient (Wildman–Crippen LogP) is 2.33. The van der Waals surface area contributed by atoms with Crippen LogP contribution in [0.15, 0.2) is 0 Å². The quantitative estimate of drug-likeness (QED) is 0.832. The normalized spacial score (nSPS) is 24.6. The number of carbonyl (C=O) groups is 2. The number of nitrogens with zero attached hydrogens (tertiary/aromatic N) is 1. The maximum atomic E-state index is 12.5. The average Bonchev–Trinajstić information content (AvgIpc) is 2.30. The second-order valence-electron chi connectivity index (χ2n) is 6.62. The summed E-state index contributed by atoms with van der Waals surface area (Å²) in [6.07, 6.45) is 3.23. The summed E-state index contributed by atoms with van der Waals surface area (Å²) < 4.78 is 0. The van der Waals surface area contributed by atoms with Gasteiger partial charge in [0.1, 0.15) is 12.1 Å². The van der Waals surface area contributed by atoms with Gasteiger partial charge in [-0.25, -0.2) is 0 Å². The summed E-state index contributed by atoms with van der Waals surface area (Å²) in [6.45, 7) is 11.1. The lowest BCUT2D eigenvalue weighted by Crippen LogP contribution is -2.63. The Hall–Kier alpha value is -1.06. The van der Waals surface area contributed by atoms with Gasteiger partial charge in [-0.2, -0.15) is 0 Å². The molecule has 1 N–H and O–H groups in total. The monoisotopic (exact) mass is 268 g/mol. The third-order valence-corrected chi connectivity index (χ3v) is 3.64. The second-order valence-corrected chi connectivity index (χ2v) is 6.62. The molecule has 110 valence electrons. The summed E-state index contributed by atoms with van der Waals surface area (Å²) in [7, 11) is 0. The summed E-state index contributed by atoms with van der Waals surface area (Å²) >= 11 is 0. The van der Waals surface area contributed by atoms with Gasteiger partial charge >= 0.3 is 0 Å². The van der Waals surface area contributed by atoms with E-state index < -0.39 is 0 Å². The second kappa shape index (κ2) is 6.40. The Morgan fingerprint density at radius 3 is 2.32 bits per heavy atom. The third kappa shape index (κ3) is 4.22. The number of piperazine rings is 1. The number of hydrogen-bond donors (Lipinski definition) is 1. The molecule has 2 atom stereocenters. The first-order valence-electron chi connectivity index (χ1n) is 7.41. The summed E-state index contributed by atoms with van der Waals surface area (Å²) in [6, 6.07) is -0.608. The average molecular weight is 268 g/mol. The van der Waals surface area contributed by atoms with Crippen LogP contribution in [0, 0.1) is 5.41 Å². The molecule has 1 saturated heterocycles. The molecule has 0 aromatic heterocycles. The first kappa shape index (κ1) is 16.0. The highest BCUT2D eigenvalue weighted by Crippen LogP contribution is 2.22. The molecular weight excluding hydrogens is 240 g/mol. The van der Waals surface area contributed by atoms with E-state index >= 15 is 0 Å². The molecule has 1 aliphatic rings. The standard InChI is InChI=1S/C15H28N2O2/c1-6-8-11-14(19)17(10-9-15(3,4)5)12(7-2)13(18)16-11/h11-12H,6-10H2,1-5H3,(H,16,18). The van der Waals surface area contributed by atoms with E-state index in [1.165, 1.54) is 0 Å². The highest BCUT2D eigenvalue weighted by molar-refractivity contribution is 5.96. The molecule has 0 aromatic carbocycles. The molecule has 1 rings (SSSR count). The summed E-state index contributed by atoms with van der Waals surface area (Å²) in [4.78, 5) is 26.3. The summed E-state index contributed by atoms with van der Waals surface area (Å²) in [5, 5.41) is 2.87. The molecule has 0 bridgehead atoms. The molecule has 0 aliphatic carbocycles. The Balaban J connectivity index is 2.80. The van der Waals surface area contributed by atoms with Crippen LogP contribution in [0.4, 0.5) is 0 Å². The zero-order valence-corrected chi connectivity index (χ0v) is 13.0. The van der Waals surface area contributed by atoms with Crippen molar-refractivity contribution in [1.82, 2.24) is 10.2 Å². The number of hydrogen-bond acceptors (Lipinski definition) is 2. The molecule has 19 heavy (non-hydrogen) atoms. The highest BCUT2D eigenvalue weighted by atomic mass is 16.2. The maximum absolute atomic E-state index is 12.5. The maximum Gasteiger partial charge on any atom is 0.245 e. The number of amides is 2. The molecule has 0 aromatic rings. The van der Waals surface area contributed by atoms with Crippen LogP contribution in [0.3, 0.4) is 0 Å². The third-order valence-electron chi connectivity index (χ3n) is 3.64. The minimum absolute atomic E-state index is 0.00876. The lowest BCUT2D eigenvalue weighted by atomic mass is 9.91. The topological polar surface area (TPSA) is 49.4 Å². The van der Waals surface area contributed by atoms with Gasteiger partial charge < -0.3 is 10.2 Å². The van der Waals surface area contributed by atoms with Crippen LogP contribution < -0.4 is 5.32 Å². The van der Waals surface area contributed by atoms with Crippen molar-refractivity contribution in [1.29, 1.82) is 0 Å². The van der Waals surface area contributed by atoms with Gasteiger partial charge in [0.25, 0.3) is 0 Å². The van der Waals surface area contributed by atoms with Crippen molar-refractivity contribution in [3.05, 3.63) is 0 Å². The number of carbonyl (C=O) groups excluding carboxylic acids is 2. The zero-order valence-electron chi connectivity index (χ0n) is 13.0. The van der Waals surface area contributed by atoms with E-state index in [0.717, 1.165) is 19.3 Å². The van der Waals surface area contributed by atoms with Gasteiger partial charge in [-0.3, -0.25) is 9.59 Å². The van der Waals surface area contributed by atoms with Crippen molar-refractivity contribution in [3.8, 4) is 0 Å². The molecule has 2 unspecified atom stereocenters.